The first-order chi connectivity index (χ1) is 11.8. The van der Waals surface area contributed by atoms with E-state index < -0.39 is 11.7 Å². The van der Waals surface area contributed by atoms with Crippen LogP contribution in [0.1, 0.15) is 20.8 Å². The van der Waals surface area contributed by atoms with Crippen LogP contribution in [0.4, 0.5) is 10.5 Å². The minimum atomic E-state index is -0.547. The highest BCUT2D eigenvalue weighted by molar-refractivity contribution is 5.86. The van der Waals surface area contributed by atoms with Gasteiger partial charge in [-0.05, 0) is 50.6 Å². The molecule has 1 amide bonds. The summed E-state index contributed by atoms with van der Waals surface area (Å²) >= 11 is 0. The first-order valence-corrected chi connectivity index (χ1v) is 8.04. The van der Waals surface area contributed by atoms with Gasteiger partial charge in [-0.2, -0.15) is 0 Å². The van der Waals surface area contributed by atoms with Crippen LogP contribution in [0, 0.1) is 0 Å². The van der Waals surface area contributed by atoms with E-state index in [1.807, 2.05) is 51.1 Å². The maximum Gasteiger partial charge on any atom is 0.412 e. The molecule has 5 heteroatoms. The number of nitrogens with one attached hydrogen (secondary N) is 2. The second-order valence-corrected chi connectivity index (χ2v) is 6.80. The average molecular weight is 336 g/mol. The Kier molecular flexibility index (Phi) is 4.31. The molecule has 0 radical (unpaired) electrons. The van der Waals surface area contributed by atoms with Crippen molar-refractivity contribution in [2.75, 3.05) is 5.32 Å². The molecule has 0 fully saturated rings. The zero-order valence-corrected chi connectivity index (χ0v) is 14.4. The lowest BCUT2D eigenvalue weighted by atomic mass is 10.1. The Hall–Kier alpha value is -3.08. The molecular weight excluding hydrogens is 316 g/mol. The molecule has 25 heavy (non-hydrogen) atoms. The van der Waals surface area contributed by atoms with Crippen molar-refractivity contribution in [2.24, 2.45) is 0 Å². The van der Waals surface area contributed by atoms with E-state index in [1.165, 1.54) is 0 Å². The lowest BCUT2D eigenvalue weighted by molar-refractivity contribution is 0.0636. The Morgan fingerprint density at radius 2 is 1.72 bits per heavy atom. The zero-order chi connectivity index (χ0) is 18.0. The third-order valence-electron chi connectivity index (χ3n) is 3.58. The van der Waals surface area contributed by atoms with Crippen LogP contribution in [0.5, 0.6) is 0 Å². The number of aromatic amines is 1. The number of pyridine rings is 1. The first-order valence-electron chi connectivity index (χ1n) is 8.04. The van der Waals surface area contributed by atoms with Crippen LogP contribution in [-0.4, -0.2) is 16.7 Å². The van der Waals surface area contributed by atoms with Crippen molar-refractivity contribution in [3.8, 4) is 11.3 Å². The SMILES string of the molecule is CC(C)(C)OC(=O)Nc1ccc(-c2cc(=O)c3ccccc3[nH]2)cc1. The van der Waals surface area contributed by atoms with Crippen LogP contribution in [0.15, 0.2) is 59.4 Å². The van der Waals surface area contributed by atoms with Gasteiger partial charge in [-0.1, -0.05) is 24.3 Å². The zero-order valence-electron chi connectivity index (χ0n) is 14.4. The van der Waals surface area contributed by atoms with Crippen LogP contribution in [0.25, 0.3) is 22.2 Å². The van der Waals surface area contributed by atoms with Crippen molar-refractivity contribution in [2.45, 2.75) is 26.4 Å². The number of amides is 1. The van der Waals surface area contributed by atoms with E-state index in [1.54, 1.807) is 24.3 Å². The lowest BCUT2D eigenvalue weighted by Gasteiger charge is -2.19. The molecule has 3 aromatic rings. The van der Waals surface area contributed by atoms with Gasteiger partial charge in [-0.15, -0.1) is 0 Å². The Balaban J connectivity index is 1.83. The number of carbonyl (C=O) groups excluding carboxylic acids is 1. The number of para-hydroxylation sites is 1. The Labute approximate surface area is 145 Å². The summed E-state index contributed by atoms with van der Waals surface area (Å²) in [5.41, 5.74) is 2.43. The van der Waals surface area contributed by atoms with Crippen LogP contribution in [0.3, 0.4) is 0 Å². The summed E-state index contributed by atoms with van der Waals surface area (Å²) in [6.07, 6.45) is -0.501. The monoisotopic (exact) mass is 336 g/mol. The van der Waals surface area contributed by atoms with Crippen LogP contribution in [0.2, 0.25) is 0 Å². The van der Waals surface area contributed by atoms with Gasteiger partial charge >= 0.3 is 6.09 Å². The maximum absolute atomic E-state index is 12.2. The molecule has 5 nitrogen and oxygen atoms in total. The summed E-state index contributed by atoms with van der Waals surface area (Å²) in [6.45, 7) is 5.43. The van der Waals surface area contributed by atoms with Gasteiger partial charge in [0.1, 0.15) is 5.60 Å². The van der Waals surface area contributed by atoms with Crippen molar-refractivity contribution in [3.05, 3.63) is 64.8 Å². The van der Waals surface area contributed by atoms with E-state index in [0.717, 1.165) is 16.8 Å². The van der Waals surface area contributed by atoms with E-state index in [9.17, 15) is 9.59 Å². The molecule has 1 heterocycles. The predicted octanol–water partition coefficient (Wildman–Crippen LogP) is 4.54. The molecule has 0 aliphatic carbocycles. The minimum Gasteiger partial charge on any atom is -0.444 e. The predicted molar refractivity (Wildman–Crippen MR) is 99.9 cm³/mol. The largest absolute Gasteiger partial charge is 0.444 e. The fraction of sp³-hybridized carbons (Fsp3) is 0.200. The van der Waals surface area contributed by atoms with Crippen molar-refractivity contribution in [3.63, 3.8) is 0 Å². The van der Waals surface area contributed by atoms with Crippen LogP contribution in [-0.2, 0) is 4.74 Å². The third-order valence-corrected chi connectivity index (χ3v) is 3.58. The summed E-state index contributed by atoms with van der Waals surface area (Å²) in [6, 6.07) is 16.2. The smallest absolute Gasteiger partial charge is 0.412 e. The third kappa shape index (κ3) is 4.07. The number of aromatic nitrogens is 1. The van der Waals surface area contributed by atoms with E-state index in [4.69, 9.17) is 4.74 Å². The molecule has 0 spiro atoms. The van der Waals surface area contributed by atoms with Gasteiger partial charge in [0.15, 0.2) is 5.43 Å². The second kappa shape index (κ2) is 6.43. The number of ether oxygens (including phenoxy) is 1. The maximum atomic E-state index is 12.2. The van der Waals surface area contributed by atoms with Gasteiger partial charge in [-0.25, -0.2) is 4.79 Å². The van der Waals surface area contributed by atoms with E-state index in [-0.39, 0.29) is 5.43 Å². The Morgan fingerprint density at radius 3 is 2.40 bits per heavy atom. The number of anilines is 1. The Morgan fingerprint density at radius 1 is 1.04 bits per heavy atom. The molecule has 0 atom stereocenters. The molecular formula is C20H20N2O3. The molecule has 0 unspecified atom stereocenters. The van der Waals surface area contributed by atoms with Crippen molar-refractivity contribution in [1.29, 1.82) is 0 Å². The summed E-state index contributed by atoms with van der Waals surface area (Å²) < 4.78 is 5.22. The van der Waals surface area contributed by atoms with Gasteiger partial charge in [0.2, 0.25) is 0 Å². The molecule has 128 valence electrons. The van der Waals surface area contributed by atoms with Crippen molar-refractivity contribution >= 4 is 22.7 Å². The molecule has 0 aliphatic rings. The highest BCUT2D eigenvalue weighted by Crippen LogP contribution is 2.21. The van der Waals surface area contributed by atoms with Gasteiger partial charge in [0, 0.05) is 28.4 Å². The minimum absolute atomic E-state index is 0.0275. The average Bonchev–Trinajstić information content (AvgIpc) is 2.53. The standard InChI is InChI=1S/C20H20N2O3/c1-20(2,3)25-19(24)21-14-10-8-13(9-11-14)17-12-18(23)15-6-4-5-7-16(15)22-17/h4-12H,1-3H3,(H,21,24)(H,22,23). The number of hydrogen-bond donors (Lipinski definition) is 2. The number of rotatable bonds is 2. The van der Waals surface area contributed by atoms with Gasteiger partial charge < -0.3 is 9.72 Å². The lowest BCUT2D eigenvalue weighted by Crippen LogP contribution is -2.27. The molecule has 2 aromatic carbocycles. The fourth-order valence-electron chi connectivity index (χ4n) is 2.51. The molecule has 0 saturated heterocycles. The fourth-order valence-corrected chi connectivity index (χ4v) is 2.51. The quantitative estimate of drug-likeness (QED) is 0.721. The number of benzene rings is 2. The summed E-state index contributed by atoms with van der Waals surface area (Å²) in [4.78, 5) is 27.3. The molecule has 0 bridgehead atoms. The number of fused-ring (bicyclic) bond motifs is 1. The normalized spacial score (nSPS) is 11.3. The second-order valence-electron chi connectivity index (χ2n) is 6.80. The van der Waals surface area contributed by atoms with Crippen LogP contribution >= 0.6 is 0 Å². The highest BCUT2D eigenvalue weighted by atomic mass is 16.6. The summed E-state index contributed by atoms with van der Waals surface area (Å²) in [5.74, 6) is 0. The topological polar surface area (TPSA) is 71.2 Å². The summed E-state index contributed by atoms with van der Waals surface area (Å²) in [7, 11) is 0. The van der Waals surface area contributed by atoms with Crippen molar-refractivity contribution in [1.82, 2.24) is 4.98 Å². The van der Waals surface area contributed by atoms with Crippen LogP contribution < -0.4 is 10.7 Å². The molecule has 1 aromatic heterocycles. The van der Waals surface area contributed by atoms with E-state index in [0.29, 0.717) is 11.1 Å². The molecule has 2 N–H and O–H groups in total. The first kappa shape index (κ1) is 16.8. The van der Waals surface area contributed by atoms with Crippen molar-refractivity contribution < 1.29 is 9.53 Å². The Bertz CT molecular complexity index is 967. The van der Waals surface area contributed by atoms with Gasteiger partial charge in [0.25, 0.3) is 0 Å². The molecule has 0 saturated carbocycles. The van der Waals surface area contributed by atoms with E-state index in [2.05, 4.69) is 10.3 Å². The molecule has 0 aliphatic heterocycles. The number of hydrogen-bond acceptors (Lipinski definition) is 3. The summed E-state index contributed by atoms with van der Waals surface area (Å²) in [5, 5.41) is 3.35. The van der Waals surface area contributed by atoms with Gasteiger partial charge in [0.05, 0.1) is 0 Å². The number of carbonyl (C=O) groups is 1. The number of H-pyrrole nitrogens is 1. The molecule has 3 rings (SSSR count). The van der Waals surface area contributed by atoms with Gasteiger partial charge in [-0.3, -0.25) is 10.1 Å². The van der Waals surface area contributed by atoms with E-state index >= 15 is 0 Å². The highest BCUT2D eigenvalue weighted by Gasteiger charge is 2.16.